The van der Waals surface area contributed by atoms with Gasteiger partial charge < -0.3 is 14.8 Å². The molecule has 0 radical (unpaired) electrons. The van der Waals surface area contributed by atoms with Gasteiger partial charge in [-0.2, -0.15) is 0 Å². The molecule has 0 heterocycles. The van der Waals surface area contributed by atoms with Crippen molar-refractivity contribution >= 4 is 11.6 Å². The van der Waals surface area contributed by atoms with Gasteiger partial charge >= 0.3 is 0 Å². The molecule has 0 aromatic heterocycles. The molecule has 2 aromatic carbocycles. The summed E-state index contributed by atoms with van der Waals surface area (Å²) in [6, 6.07) is 12.4. The van der Waals surface area contributed by atoms with Crippen LogP contribution in [0.5, 0.6) is 11.5 Å². The third-order valence-electron chi connectivity index (χ3n) is 6.39. The van der Waals surface area contributed by atoms with E-state index in [-0.39, 0.29) is 11.8 Å². The lowest BCUT2D eigenvalue weighted by atomic mass is 9.88. The Hall–Kier alpha value is -2.49. The number of benzene rings is 2. The van der Waals surface area contributed by atoms with Crippen molar-refractivity contribution in [3.63, 3.8) is 0 Å². The number of anilines is 1. The molecule has 2 aromatic rings. The number of unbranched alkanes of at least 4 members (excludes halogenated alkanes) is 2. The molecule has 1 atom stereocenters. The lowest BCUT2D eigenvalue weighted by molar-refractivity contribution is -0.116. The fraction of sp³-hybridized carbons (Fsp3) is 0.552. The number of nitrogens with one attached hydrogen (secondary N) is 1. The number of para-hydroxylation sites is 2. The fourth-order valence-electron chi connectivity index (χ4n) is 4.53. The fourth-order valence-corrected chi connectivity index (χ4v) is 4.53. The summed E-state index contributed by atoms with van der Waals surface area (Å²) < 4.78 is 11.2. The first-order chi connectivity index (χ1) is 15.8. The normalized spacial score (nSPS) is 12.2. The smallest absolute Gasteiger partial charge is 0.224 e. The Balaban J connectivity index is 2.23. The molecule has 0 saturated carbocycles. The summed E-state index contributed by atoms with van der Waals surface area (Å²) in [5.41, 5.74) is 4.52. The maximum absolute atomic E-state index is 13.1. The predicted octanol–water partition coefficient (Wildman–Crippen LogP) is 8.03. The van der Waals surface area contributed by atoms with Crippen LogP contribution in [-0.4, -0.2) is 20.1 Å². The molecular weight excluding hydrogens is 410 g/mol. The number of hydrogen-bond donors (Lipinski definition) is 1. The van der Waals surface area contributed by atoms with Gasteiger partial charge in [0.2, 0.25) is 5.91 Å². The van der Waals surface area contributed by atoms with E-state index in [0.717, 1.165) is 42.0 Å². The number of carbonyl (C=O) groups excluding carboxylic acids is 1. The van der Waals surface area contributed by atoms with Crippen LogP contribution in [0.25, 0.3) is 0 Å². The van der Waals surface area contributed by atoms with E-state index in [4.69, 9.17) is 9.47 Å². The lowest BCUT2D eigenvalue weighted by Crippen LogP contribution is -2.17. The third-order valence-corrected chi connectivity index (χ3v) is 6.39. The van der Waals surface area contributed by atoms with Gasteiger partial charge in [0, 0.05) is 17.7 Å². The maximum atomic E-state index is 13.1. The van der Waals surface area contributed by atoms with Gasteiger partial charge in [0.25, 0.3) is 0 Å². The summed E-state index contributed by atoms with van der Waals surface area (Å²) >= 11 is 0. The largest absolute Gasteiger partial charge is 0.493 e. The zero-order chi connectivity index (χ0) is 24.4. The standard InChI is InChI=1S/C29H43NO3/c1-8-9-10-13-22(25-16-12-17-26(32-6)29(25)33-7)18-19-27(31)30-28-23(20(2)3)14-11-15-24(28)21(4)5/h11-12,14-17,20-22H,8-10,13,18-19H2,1-7H3,(H,30,31). The van der Waals surface area contributed by atoms with E-state index >= 15 is 0 Å². The first kappa shape index (κ1) is 26.8. The number of carbonyl (C=O) groups is 1. The molecule has 182 valence electrons. The number of hydrogen-bond acceptors (Lipinski definition) is 3. The highest BCUT2D eigenvalue weighted by Crippen LogP contribution is 2.40. The van der Waals surface area contributed by atoms with Crippen LogP contribution in [0.1, 0.15) is 108 Å². The Bertz CT molecular complexity index is 862. The van der Waals surface area contributed by atoms with Gasteiger partial charge in [-0.15, -0.1) is 0 Å². The van der Waals surface area contributed by atoms with Crippen LogP contribution in [0.2, 0.25) is 0 Å². The number of rotatable bonds is 13. The summed E-state index contributed by atoms with van der Waals surface area (Å²) in [5.74, 6) is 2.55. The van der Waals surface area contributed by atoms with Crippen molar-refractivity contribution < 1.29 is 14.3 Å². The highest BCUT2D eigenvalue weighted by atomic mass is 16.5. The van der Waals surface area contributed by atoms with Crippen molar-refractivity contribution in [3.8, 4) is 11.5 Å². The maximum Gasteiger partial charge on any atom is 0.224 e. The van der Waals surface area contributed by atoms with E-state index in [1.165, 1.54) is 24.0 Å². The first-order valence-corrected chi connectivity index (χ1v) is 12.5. The van der Waals surface area contributed by atoms with Gasteiger partial charge in [-0.3, -0.25) is 4.79 Å². The van der Waals surface area contributed by atoms with Gasteiger partial charge in [0.15, 0.2) is 11.5 Å². The van der Waals surface area contributed by atoms with Gasteiger partial charge in [0.05, 0.1) is 14.2 Å². The summed E-state index contributed by atoms with van der Waals surface area (Å²) in [5, 5.41) is 3.27. The Morgan fingerprint density at radius 2 is 1.45 bits per heavy atom. The lowest BCUT2D eigenvalue weighted by Gasteiger charge is -2.23. The second-order valence-electron chi connectivity index (χ2n) is 9.48. The van der Waals surface area contributed by atoms with Crippen molar-refractivity contribution in [2.45, 2.75) is 90.9 Å². The van der Waals surface area contributed by atoms with Crippen LogP contribution in [0.3, 0.4) is 0 Å². The monoisotopic (exact) mass is 453 g/mol. The van der Waals surface area contributed by atoms with E-state index in [2.05, 4.69) is 64.2 Å². The second-order valence-corrected chi connectivity index (χ2v) is 9.48. The van der Waals surface area contributed by atoms with Crippen LogP contribution in [0.15, 0.2) is 36.4 Å². The van der Waals surface area contributed by atoms with E-state index in [1.807, 2.05) is 12.1 Å². The molecular formula is C29H43NO3. The molecule has 0 aliphatic rings. The Labute approximate surface area is 201 Å². The van der Waals surface area contributed by atoms with Gasteiger partial charge in [0.1, 0.15) is 0 Å². The zero-order valence-electron chi connectivity index (χ0n) is 21.7. The van der Waals surface area contributed by atoms with Crippen molar-refractivity contribution in [2.24, 2.45) is 0 Å². The number of amides is 1. The molecule has 1 amide bonds. The SMILES string of the molecule is CCCCCC(CCC(=O)Nc1c(C(C)C)cccc1C(C)C)c1cccc(OC)c1OC. The second kappa shape index (κ2) is 13.3. The molecule has 0 spiro atoms. The average Bonchev–Trinajstić information content (AvgIpc) is 2.80. The third kappa shape index (κ3) is 7.25. The predicted molar refractivity (Wildman–Crippen MR) is 139 cm³/mol. The average molecular weight is 454 g/mol. The quantitative estimate of drug-likeness (QED) is 0.312. The molecule has 0 saturated heterocycles. The molecule has 2 rings (SSSR count). The Morgan fingerprint density at radius 3 is 2.00 bits per heavy atom. The summed E-state index contributed by atoms with van der Waals surface area (Å²) in [6.07, 6.45) is 5.78. The van der Waals surface area contributed by atoms with Gasteiger partial charge in [-0.1, -0.05) is 84.2 Å². The van der Waals surface area contributed by atoms with E-state index < -0.39 is 0 Å². The molecule has 4 heteroatoms. The molecule has 0 bridgehead atoms. The van der Waals surface area contributed by atoms with E-state index in [0.29, 0.717) is 18.3 Å². The van der Waals surface area contributed by atoms with Gasteiger partial charge in [-0.05, 0) is 47.8 Å². The van der Waals surface area contributed by atoms with Crippen LogP contribution >= 0.6 is 0 Å². The van der Waals surface area contributed by atoms with Crippen molar-refractivity contribution in [1.29, 1.82) is 0 Å². The summed E-state index contributed by atoms with van der Waals surface area (Å²) in [6.45, 7) is 10.9. The van der Waals surface area contributed by atoms with Crippen molar-refractivity contribution in [2.75, 3.05) is 19.5 Å². The van der Waals surface area contributed by atoms with Crippen LogP contribution in [-0.2, 0) is 4.79 Å². The topological polar surface area (TPSA) is 47.6 Å². The first-order valence-electron chi connectivity index (χ1n) is 12.5. The molecule has 0 aliphatic carbocycles. The highest BCUT2D eigenvalue weighted by Gasteiger charge is 2.21. The van der Waals surface area contributed by atoms with Crippen LogP contribution < -0.4 is 14.8 Å². The van der Waals surface area contributed by atoms with Crippen LogP contribution in [0, 0.1) is 0 Å². The summed E-state index contributed by atoms with van der Waals surface area (Å²) in [7, 11) is 3.35. The van der Waals surface area contributed by atoms with Crippen molar-refractivity contribution in [1.82, 2.24) is 0 Å². The molecule has 0 aliphatic heterocycles. The minimum atomic E-state index is 0.0763. The molecule has 4 nitrogen and oxygen atoms in total. The van der Waals surface area contributed by atoms with Gasteiger partial charge in [-0.25, -0.2) is 0 Å². The van der Waals surface area contributed by atoms with Crippen LogP contribution in [0.4, 0.5) is 5.69 Å². The molecule has 0 fully saturated rings. The highest BCUT2D eigenvalue weighted by molar-refractivity contribution is 5.92. The van der Waals surface area contributed by atoms with Crippen molar-refractivity contribution in [3.05, 3.63) is 53.1 Å². The minimum absolute atomic E-state index is 0.0763. The van der Waals surface area contributed by atoms with E-state index in [1.54, 1.807) is 14.2 Å². The molecule has 1 unspecified atom stereocenters. The number of methoxy groups -OCH3 is 2. The molecule has 33 heavy (non-hydrogen) atoms. The number of ether oxygens (including phenoxy) is 2. The van der Waals surface area contributed by atoms with E-state index in [9.17, 15) is 4.79 Å². The molecule has 1 N–H and O–H groups in total. The summed E-state index contributed by atoms with van der Waals surface area (Å²) in [4.78, 5) is 13.1. The minimum Gasteiger partial charge on any atom is -0.493 e. The Morgan fingerprint density at radius 1 is 0.848 bits per heavy atom. The zero-order valence-corrected chi connectivity index (χ0v) is 21.7. The Kier molecular flexibility index (Phi) is 10.8.